The minimum atomic E-state index is 0.697. The summed E-state index contributed by atoms with van der Waals surface area (Å²) >= 11 is 0. The summed E-state index contributed by atoms with van der Waals surface area (Å²) in [6, 6.07) is 21.9. The van der Waals surface area contributed by atoms with E-state index in [1.54, 1.807) is 7.11 Å². The van der Waals surface area contributed by atoms with Gasteiger partial charge in [0.1, 0.15) is 17.2 Å². The number of imidazole rings is 1. The number of pyridine rings is 2. The van der Waals surface area contributed by atoms with Crippen molar-refractivity contribution in [1.82, 2.24) is 4.40 Å². The first-order chi connectivity index (χ1) is 13.2. The Kier molecular flexibility index (Phi) is 3.73. The molecule has 0 radical (unpaired) electrons. The third-order valence-corrected chi connectivity index (χ3v) is 5.19. The highest BCUT2D eigenvalue weighted by molar-refractivity contribution is 5.88. The largest absolute Gasteiger partial charge is 0.383 e. The number of hydrogen-bond donors (Lipinski definition) is 1. The van der Waals surface area contributed by atoms with Crippen LogP contribution in [0.1, 0.15) is 5.56 Å². The van der Waals surface area contributed by atoms with E-state index in [2.05, 4.69) is 87.9 Å². The maximum absolute atomic E-state index is 5.12. The van der Waals surface area contributed by atoms with E-state index < -0.39 is 0 Å². The number of anilines is 1. The molecule has 4 nitrogen and oxygen atoms in total. The van der Waals surface area contributed by atoms with Gasteiger partial charge < -0.3 is 10.1 Å². The molecule has 0 unspecified atom stereocenters. The van der Waals surface area contributed by atoms with Crippen LogP contribution in [0.5, 0.6) is 0 Å². The SMILES string of the molecule is COCCNc1ccc2c(ccc3c[n+]4c5ccc(C)cc5ccc4n32)c1. The molecule has 0 amide bonds. The predicted molar refractivity (Wildman–Crippen MR) is 111 cm³/mol. The average Bonchev–Trinajstić information content (AvgIpc) is 3.07. The molecule has 0 spiro atoms. The van der Waals surface area contributed by atoms with E-state index in [9.17, 15) is 0 Å². The highest BCUT2D eigenvalue weighted by Gasteiger charge is 2.16. The van der Waals surface area contributed by atoms with Crippen LogP contribution in [0.25, 0.3) is 33.0 Å². The number of nitrogens with one attached hydrogen (secondary N) is 1. The van der Waals surface area contributed by atoms with Gasteiger partial charge in [0.05, 0.1) is 6.61 Å². The van der Waals surface area contributed by atoms with Crippen molar-refractivity contribution < 1.29 is 9.14 Å². The number of methoxy groups -OCH3 is 1. The molecule has 0 saturated heterocycles. The van der Waals surface area contributed by atoms with Crippen LogP contribution in [0.4, 0.5) is 5.69 Å². The standard InChI is InChI=1S/C23H22N3O/c1-16-3-8-21-17(13-16)5-10-23-25(21)15-20-7-4-18-14-19(24-11-12-27-2)6-9-22(18)26(20)23/h3-10,13-15,24H,11-12H2,1-2H3/q+1. The fraction of sp³-hybridized carbons (Fsp3) is 0.174. The first-order valence-corrected chi connectivity index (χ1v) is 9.26. The Morgan fingerprint density at radius 3 is 2.74 bits per heavy atom. The number of rotatable bonds is 4. The van der Waals surface area contributed by atoms with Gasteiger partial charge in [0.15, 0.2) is 5.52 Å². The minimum Gasteiger partial charge on any atom is -0.383 e. The lowest BCUT2D eigenvalue weighted by Crippen LogP contribution is -2.19. The number of aromatic nitrogens is 2. The van der Waals surface area contributed by atoms with Crippen LogP contribution in [-0.4, -0.2) is 24.7 Å². The summed E-state index contributed by atoms with van der Waals surface area (Å²) in [7, 11) is 1.72. The summed E-state index contributed by atoms with van der Waals surface area (Å²) in [6.07, 6.45) is 2.22. The summed E-state index contributed by atoms with van der Waals surface area (Å²) in [4.78, 5) is 0. The first kappa shape index (κ1) is 16.1. The highest BCUT2D eigenvalue weighted by Crippen LogP contribution is 2.24. The first-order valence-electron chi connectivity index (χ1n) is 9.26. The van der Waals surface area contributed by atoms with Gasteiger partial charge >= 0.3 is 0 Å². The number of fused-ring (bicyclic) bond motifs is 7. The van der Waals surface area contributed by atoms with Gasteiger partial charge in [0.25, 0.3) is 5.65 Å². The monoisotopic (exact) mass is 356 g/mol. The zero-order valence-corrected chi connectivity index (χ0v) is 15.6. The van der Waals surface area contributed by atoms with Crippen molar-refractivity contribution >= 4 is 38.7 Å². The molecule has 3 aromatic heterocycles. The Hall–Kier alpha value is -3.11. The zero-order chi connectivity index (χ0) is 18.4. The van der Waals surface area contributed by atoms with E-state index in [1.165, 1.54) is 38.5 Å². The molecule has 0 aliphatic carbocycles. The van der Waals surface area contributed by atoms with Crippen molar-refractivity contribution in [2.75, 3.05) is 25.6 Å². The molecule has 0 saturated carbocycles. The Morgan fingerprint density at radius 1 is 0.963 bits per heavy atom. The summed E-state index contributed by atoms with van der Waals surface area (Å²) < 4.78 is 9.73. The zero-order valence-electron chi connectivity index (χ0n) is 15.6. The summed E-state index contributed by atoms with van der Waals surface area (Å²) in [6.45, 7) is 3.64. The normalized spacial score (nSPS) is 11.8. The van der Waals surface area contributed by atoms with Crippen LogP contribution < -0.4 is 9.72 Å². The van der Waals surface area contributed by atoms with Crippen molar-refractivity contribution in [3.63, 3.8) is 0 Å². The highest BCUT2D eigenvalue weighted by atomic mass is 16.5. The summed E-state index contributed by atoms with van der Waals surface area (Å²) in [5, 5.41) is 5.88. The van der Waals surface area contributed by atoms with E-state index in [0.717, 1.165) is 12.2 Å². The molecular formula is C23H22N3O+. The third-order valence-electron chi connectivity index (χ3n) is 5.19. The predicted octanol–water partition coefficient (Wildman–Crippen LogP) is 4.35. The van der Waals surface area contributed by atoms with Crippen LogP contribution in [0.3, 0.4) is 0 Å². The van der Waals surface area contributed by atoms with Gasteiger partial charge in [-0.1, -0.05) is 11.6 Å². The van der Waals surface area contributed by atoms with E-state index in [1.807, 2.05) is 0 Å². The third kappa shape index (κ3) is 2.61. The van der Waals surface area contributed by atoms with Gasteiger partial charge in [-0.3, -0.25) is 0 Å². The van der Waals surface area contributed by atoms with Gasteiger partial charge in [-0.2, -0.15) is 8.80 Å². The molecule has 0 aliphatic heterocycles. The van der Waals surface area contributed by atoms with Crippen LogP contribution in [0, 0.1) is 6.92 Å². The number of benzene rings is 2. The molecule has 3 heterocycles. The summed E-state index contributed by atoms with van der Waals surface area (Å²) in [5.41, 5.74) is 7.20. The van der Waals surface area contributed by atoms with E-state index in [4.69, 9.17) is 4.74 Å². The molecule has 0 bridgehead atoms. The molecular weight excluding hydrogens is 334 g/mol. The summed E-state index contributed by atoms with van der Waals surface area (Å²) in [5.74, 6) is 0. The fourth-order valence-electron chi connectivity index (χ4n) is 3.89. The maximum Gasteiger partial charge on any atom is 0.292 e. The molecule has 5 rings (SSSR count). The second-order valence-electron chi connectivity index (χ2n) is 7.04. The Bertz CT molecular complexity index is 1300. The Morgan fingerprint density at radius 2 is 1.85 bits per heavy atom. The lowest BCUT2D eigenvalue weighted by molar-refractivity contribution is -0.479. The van der Waals surface area contributed by atoms with Crippen molar-refractivity contribution in [3.8, 4) is 0 Å². The van der Waals surface area contributed by atoms with Gasteiger partial charge in [0, 0.05) is 36.2 Å². The molecule has 0 atom stereocenters. The van der Waals surface area contributed by atoms with Crippen LogP contribution in [0.15, 0.2) is 66.9 Å². The van der Waals surface area contributed by atoms with E-state index in [0.29, 0.717) is 6.61 Å². The number of hydrogen-bond acceptors (Lipinski definition) is 2. The lowest BCUT2D eigenvalue weighted by Gasteiger charge is -2.06. The Balaban J connectivity index is 1.74. The average molecular weight is 356 g/mol. The molecule has 134 valence electrons. The topological polar surface area (TPSA) is 29.8 Å². The molecule has 27 heavy (non-hydrogen) atoms. The Labute approximate surface area is 157 Å². The molecule has 5 aromatic rings. The lowest BCUT2D eigenvalue weighted by atomic mass is 10.1. The molecule has 1 N–H and O–H groups in total. The van der Waals surface area contributed by atoms with Gasteiger partial charge in [-0.15, -0.1) is 0 Å². The van der Waals surface area contributed by atoms with Crippen LogP contribution in [0.2, 0.25) is 0 Å². The molecule has 0 fully saturated rings. The molecule has 2 aromatic carbocycles. The van der Waals surface area contributed by atoms with Gasteiger partial charge in [-0.05, 0) is 55.5 Å². The van der Waals surface area contributed by atoms with Crippen molar-refractivity contribution in [3.05, 3.63) is 72.4 Å². The molecule has 4 heteroatoms. The van der Waals surface area contributed by atoms with Crippen molar-refractivity contribution in [1.29, 1.82) is 0 Å². The van der Waals surface area contributed by atoms with Gasteiger partial charge in [-0.25, -0.2) is 0 Å². The number of aryl methyl sites for hydroxylation is 1. The fourth-order valence-corrected chi connectivity index (χ4v) is 3.89. The van der Waals surface area contributed by atoms with Crippen molar-refractivity contribution in [2.45, 2.75) is 6.92 Å². The molecule has 0 aliphatic rings. The second kappa shape index (κ2) is 6.25. The van der Waals surface area contributed by atoms with Gasteiger partial charge in [0.2, 0.25) is 0 Å². The number of nitrogens with zero attached hydrogens (tertiary/aromatic N) is 2. The quantitative estimate of drug-likeness (QED) is 0.383. The van der Waals surface area contributed by atoms with Crippen LogP contribution in [-0.2, 0) is 4.74 Å². The van der Waals surface area contributed by atoms with Crippen LogP contribution >= 0.6 is 0 Å². The smallest absolute Gasteiger partial charge is 0.292 e. The van der Waals surface area contributed by atoms with E-state index >= 15 is 0 Å². The van der Waals surface area contributed by atoms with E-state index in [-0.39, 0.29) is 0 Å². The van der Waals surface area contributed by atoms with Crippen molar-refractivity contribution in [2.24, 2.45) is 0 Å². The maximum atomic E-state index is 5.12. The second-order valence-corrected chi connectivity index (χ2v) is 7.04. The number of ether oxygens (including phenoxy) is 1. The minimum absolute atomic E-state index is 0.697.